The number of hydrogen-bond donors (Lipinski definition) is 0. The van der Waals surface area contributed by atoms with Gasteiger partial charge in [-0.1, -0.05) is 43.7 Å². The highest BCUT2D eigenvalue weighted by Crippen LogP contribution is 2.39. The zero-order chi connectivity index (χ0) is 16.3. The van der Waals surface area contributed by atoms with Crippen molar-refractivity contribution in [2.24, 2.45) is 7.05 Å². The predicted octanol–water partition coefficient (Wildman–Crippen LogP) is 6.65. The Bertz CT molecular complexity index is 1220. The average molecular weight is 329 g/mol. The fourth-order valence-electron chi connectivity index (χ4n) is 3.91. The van der Waals surface area contributed by atoms with Gasteiger partial charge in [0.2, 0.25) is 0 Å². The first-order valence-electron chi connectivity index (χ1n) is 8.58. The number of aryl methyl sites for hydroxylation is 2. The van der Waals surface area contributed by atoms with E-state index in [1.165, 1.54) is 54.0 Å². The number of thiophene rings is 1. The first kappa shape index (κ1) is 14.1. The van der Waals surface area contributed by atoms with Crippen molar-refractivity contribution < 1.29 is 0 Å². The summed E-state index contributed by atoms with van der Waals surface area (Å²) in [5, 5.41) is 5.49. The predicted molar refractivity (Wildman–Crippen MR) is 107 cm³/mol. The molecule has 2 heteroatoms. The zero-order valence-electron chi connectivity index (χ0n) is 14.0. The minimum Gasteiger partial charge on any atom is -0.344 e. The van der Waals surface area contributed by atoms with Gasteiger partial charge in [0.25, 0.3) is 0 Å². The molecule has 0 radical (unpaired) electrons. The summed E-state index contributed by atoms with van der Waals surface area (Å²) in [6.07, 6.45) is 2.34. The van der Waals surface area contributed by atoms with Crippen LogP contribution in [0.15, 0.2) is 54.6 Å². The van der Waals surface area contributed by atoms with Crippen molar-refractivity contribution in [3.8, 4) is 0 Å². The summed E-state index contributed by atoms with van der Waals surface area (Å²) in [7, 11) is 2.19. The van der Waals surface area contributed by atoms with Crippen LogP contribution in [0.1, 0.15) is 18.9 Å². The second-order valence-corrected chi connectivity index (χ2v) is 7.71. The summed E-state index contributed by atoms with van der Waals surface area (Å²) in [4.78, 5) is 0. The lowest BCUT2D eigenvalue weighted by Crippen LogP contribution is -1.88. The van der Waals surface area contributed by atoms with Crippen LogP contribution in [-0.2, 0) is 13.5 Å². The van der Waals surface area contributed by atoms with E-state index in [9.17, 15) is 0 Å². The Balaban J connectivity index is 1.91. The lowest BCUT2D eigenvalue weighted by atomic mass is 10.1. The van der Waals surface area contributed by atoms with Crippen molar-refractivity contribution >= 4 is 53.3 Å². The molecule has 0 saturated heterocycles. The Hall–Kier alpha value is -2.32. The van der Waals surface area contributed by atoms with Gasteiger partial charge in [-0.15, -0.1) is 11.3 Å². The number of nitrogens with zero attached hydrogens (tertiary/aromatic N) is 1. The molecule has 2 heterocycles. The van der Waals surface area contributed by atoms with Crippen LogP contribution in [-0.4, -0.2) is 4.57 Å². The summed E-state index contributed by atoms with van der Waals surface area (Å²) in [6.45, 7) is 2.24. The van der Waals surface area contributed by atoms with Gasteiger partial charge >= 0.3 is 0 Å². The van der Waals surface area contributed by atoms with Gasteiger partial charge in [-0.2, -0.15) is 0 Å². The van der Waals surface area contributed by atoms with Crippen molar-refractivity contribution in [1.29, 1.82) is 0 Å². The van der Waals surface area contributed by atoms with Crippen LogP contribution in [0.25, 0.3) is 42.0 Å². The van der Waals surface area contributed by atoms with Crippen molar-refractivity contribution in [1.82, 2.24) is 4.57 Å². The van der Waals surface area contributed by atoms with Gasteiger partial charge in [-0.05, 0) is 36.2 Å². The molecule has 2 aromatic heterocycles. The van der Waals surface area contributed by atoms with Gasteiger partial charge in [0.15, 0.2) is 0 Å². The summed E-state index contributed by atoms with van der Waals surface area (Å²) in [5.41, 5.74) is 4.11. The number of rotatable bonds is 2. The molecule has 5 aromatic rings. The van der Waals surface area contributed by atoms with Crippen molar-refractivity contribution in [3.63, 3.8) is 0 Å². The molecule has 0 atom stereocenters. The second-order valence-electron chi connectivity index (χ2n) is 6.62. The molecule has 0 aliphatic carbocycles. The largest absolute Gasteiger partial charge is 0.344 e. The summed E-state index contributed by atoms with van der Waals surface area (Å²) in [6, 6.07) is 20.5. The van der Waals surface area contributed by atoms with E-state index in [4.69, 9.17) is 0 Å². The SMILES string of the molecule is CCCc1ccc2c3cc4c(cc3n(C)c2c1)sc1ccccc14. The molecule has 0 amide bonds. The van der Waals surface area contributed by atoms with Crippen molar-refractivity contribution in [2.75, 3.05) is 0 Å². The smallest absolute Gasteiger partial charge is 0.0503 e. The maximum atomic E-state index is 2.39. The van der Waals surface area contributed by atoms with Crippen LogP contribution >= 0.6 is 11.3 Å². The third kappa shape index (κ3) is 1.87. The minimum absolute atomic E-state index is 1.15. The standard InChI is InChI=1S/C22H19NS/c1-3-6-14-9-10-15-17-12-18-16-7-4-5-8-21(16)24-22(18)13-20(17)23(2)19(15)11-14/h4-5,7-13H,3,6H2,1-2H3. The van der Waals surface area contributed by atoms with Gasteiger partial charge < -0.3 is 4.57 Å². The lowest BCUT2D eigenvalue weighted by Gasteiger charge is -2.01. The Labute approximate surface area is 145 Å². The van der Waals surface area contributed by atoms with Crippen LogP contribution < -0.4 is 0 Å². The Kier molecular flexibility index (Phi) is 2.98. The molecule has 0 unspecified atom stereocenters. The highest BCUT2D eigenvalue weighted by molar-refractivity contribution is 7.25. The number of benzene rings is 3. The molecule has 0 bridgehead atoms. The first-order valence-corrected chi connectivity index (χ1v) is 9.40. The second kappa shape index (κ2) is 5.09. The Morgan fingerprint density at radius 2 is 1.62 bits per heavy atom. The quantitative estimate of drug-likeness (QED) is 0.341. The van der Waals surface area contributed by atoms with E-state index in [0.717, 1.165) is 6.42 Å². The third-order valence-electron chi connectivity index (χ3n) is 5.11. The summed E-state index contributed by atoms with van der Waals surface area (Å²) < 4.78 is 5.11. The Morgan fingerprint density at radius 1 is 0.792 bits per heavy atom. The van der Waals surface area contributed by atoms with Crippen molar-refractivity contribution in [2.45, 2.75) is 19.8 Å². The van der Waals surface area contributed by atoms with Crippen molar-refractivity contribution in [3.05, 3.63) is 60.2 Å². The molecule has 0 N–H and O–H groups in total. The molecule has 0 aliphatic heterocycles. The van der Waals surface area contributed by atoms with Gasteiger partial charge in [0.1, 0.15) is 0 Å². The summed E-state index contributed by atoms with van der Waals surface area (Å²) in [5.74, 6) is 0. The maximum Gasteiger partial charge on any atom is 0.0503 e. The van der Waals surface area contributed by atoms with E-state index in [0.29, 0.717) is 0 Å². The zero-order valence-corrected chi connectivity index (χ0v) is 14.8. The van der Waals surface area contributed by atoms with Crippen LogP contribution in [0.4, 0.5) is 0 Å². The maximum absolute atomic E-state index is 2.39. The molecule has 0 saturated carbocycles. The normalized spacial score (nSPS) is 12.1. The van der Waals surface area contributed by atoms with E-state index in [-0.39, 0.29) is 0 Å². The van der Waals surface area contributed by atoms with Gasteiger partial charge in [-0.3, -0.25) is 0 Å². The highest BCUT2D eigenvalue weighted by atomic mass is 32.1. The topological polar surface area (TPSA) is 4.93 Å². The van der Waals surface area contributed by atoms with Crippen LogP contribution in [0.2, 0.25) is 0 Å². The van der Waals surface area contributed by atoms with E-state index in [1.807, 2.05) is 11.3 Å². The summed E-state index contributed by atoms with van der Waals surface area (Å²) >= 11 is 1.89. The highest BCUT2D eigenvalue weighted by Gasteiger charge is 2.12. The number of hydrogen-bond acceptors (Lipinski definition) is 1. The van der Waals surface area contributed by atoms with Crippen LogP contribution in [0.5, 0.6) is 0 Å². The lowest BCUT2D eigenvalue weighted by molar-refractivity contribution is 0.920. The number of fused-ring (bicyclic) bond motifs is 6. The van der Waals surface area contributed by atoms with E-state index >= 15 is 0 Å². The fraction of sp³-hybridized carbons (Fsp3) is 0.182. The van der Waals surface area contributed by atoms with Gasteiger partial charge in [0.05, 0.1) is 5.52 Å². The molecule has 1 nitrogen and oxygen atoms in total. The molecule has 118 valence electrons. The number of aromatic nitrogens is 1. The Morgan fingerprint density at radius 3 is 2.50 bits per heavy atom. The van der Waals surface area contributed by atoms with E-state index in [2.05, 4.69) is 73.1 Å². The van der Waals surface area contributed by atoms with Crippen LogP contribution in [0, 0.1) is 0 Å². The molecule has 0 fully saturated rings. The first-order chi connectivity index (χ1) is 11.8. The third-order valence-corrected chi connectivity index (χ3v) is 6.24. The average Bonchev–Trinajstić information content (AvgIpc) is 3.10. The van der Waals surface area contributed by atoms with E-state index < -0.39 is 0 Å². The fourth-order valence-corrected chi connectivity index (χ4v) is 5.03. The molecule has 24 heavy (non-hydrogen) atoms. The minimum atomic E-state index is 1.15. The van der Waals surface area contributed by atoms with E-state index in [1.54, 1.807) is 0 Å². The molecule has 3 aromatic carbocycles. The van der Waals surface area contributed by atoms with Crippen LogP contribution in [0.3, 0.4) is 0 Å². The molecule has 0 spiro atoms. The van der Waals surface area contributed by atoms with Gasteiger partial charge in [-0.25, -0.2) is 0 Å². The molecule has 5 rings (SSSR count). The molecule has 0 aliphatic rings. The molecular weight excluding hydrogens is 310 g/mol. The van der Waals surface area contributed by atoms with Gasteiger partial charge in [0, 0.05) is 43.5 Å². The monoisotopic (exact) mass is 329 g/mol. The molecular formula is C22H19NS.